The summed E-state index contributed by atoms with van der Waals surface area (Å²) in [6, 6.07) is 13.4. The molecule has 0 saturated heterocycles. The largest absolute Gasteiger partial charge is 0.506 e. The minimum Gasteiger partial charge on any atom is -0.506 e. The molecule has 0 aliphatic rings. The lowest BCUT2D eigenvalue weighted by molar-refractivity contribution is 0.176. The van der Waals surface area contributed by atoms with E-state index in [1.165, 1.54) is 12.1 Å². The van der Waals surface area contributed by atoms with Crippen molar-refractivity contribution in [1.29, 1.82) is 0 Å². The van der Waals surface area contributed by atoms with Crippen molar-refractivity contribution in [3.05, 3.63) is 70.0 Å². The number of fused-ring (bicyclic) bond motifs is 1. The molecule has 6 nitrogen and oxygen atoms in total. The van der Waals surface area contributed by atoms with E-state index < -0.39 is 6.10 Å². The molecule has 0 spiro atoms. The van der Waals surface area contributed by atoms with Crippen LogP contribution in [-0.2, 0) is 6.54 Å². The molecule has 1 aromatic heterocycles. The molecule has 4 N–H and O–H groups in total. The van der Waals surface area contributed by atoms with Gasteiger partial charge in [-0.3, -0.25) is 4.79 Å². The van der Waals surface area contributed by atoms with Crippen molar-refractivity contribution in [2.45, 2.75) is 12.6 Å². The van der Waals surface area contributed by atoms with E-state index in [4.69, 9.17) is 11.2 Å². The van der Waals surface area contributed by atoms with Gasteiger partial charge in [-0.2, -0.15) is 0 Å². The second-order valence-electron chi connectivity index (χ2n) is 5.80. The number of aliphatic hydroxyl groups excluding tert-OH is 1. The number of ether oxygens (including phenoxy) is 1. The van der Waals surface area contributed by atoms with Gasteiger partial charge in [0, 0.05) is 24.5 Å². The van der Waals surface area contributed by atoms with Crippen LogP contribution in [0.4, 0.5) is 0 Å². The number of benzene rings is 2. The van der Waals surface area contributed by atoms with Gasteiger partial charge < -0.3 is 25.3 Å². The molecule has 0 aliphatic heterocycles. The molecule has 0 saturated carbocycles. The van der Waals surface area contributed by atoms with Crippen molar-refractivity contribution in [3.8, 4) is 24.0 Å². The molecule has 0 amide bonds. The first-order chi connectivity index (χ1) is 12.6. The Balaban J connectivity index is 1.68. The molecule has 0 bridgehead atoms. The van der Waals surface area contributed by atoms with Gasteiger partial charge >= 0.3 is 0 Å². The number of phenolic OH excluding ortho intramolecular Hbond substituents is 1. The monoisotopic (exact) mass is 350 g/mol. The molecule has 26 heavy (non-hydrogen) atoms. The number of H-pyrrole nitrogens is 1. The minimum absolute atomic E-state index is 0.0316. The second kappa shape index (κ2) is 7.74. The Morgan fingerprint density at radius 3 is 2.65 bits per heavy atom. The maximum absolute atomic E-state index is 11.4. The van der Waals surface area contributed by atoms with E-state index >= 15 is 0 Å². The van der Waals surface area contributed by atoms with E-state index in [-0.39, 0.29) is 11.3 Å². The lowest BCUT2D eigenvalue weighted by atomic mass is 10.0. The third-order valence-electron chi connectivity index (χ3n) is 4.03. The number of rotatable bonds is 6. The Bertz CT molecular complexity index is 1000. The Morgan fingerprint density at radius 2 is 1.92 bits per heavy atom. The van der Waals surface area contributed by atoms with E-state index in [2.05, 4.69) is 16.4 Å². The van der Waals surface area contributed by atoms with Crippen LogP contribution >= 0.6 is 0 Å². The molecule has 1 heterocycles. The van der Waals surface area contributed by atoms with Gasteiger partial charge in [0.15, 0.2) is 0 Å². The number of hydrogen-bond donors (Lipinski definition) is 4. The van der Waals surface area contributed by atoms with Crippen LogP contribution in [0.3, 0.4) is 0 Å². The molecule has 2 aromatic carbocycles. The number of terminal acetylenes is 1. The van der Waals surface area contributed by atoms with Crippen molar-refractivity contribution in [2.75, 3.05) is 6.54 Å². The van der Waals surface area contributed by atoms with Gasteiger partial charge in [-0.1, -0.05) is 24.6 Å². The van der Waals surface area contributed by atoms with Crippen molar-refractivity contribution in [1.82, 2.24) is 10.3 Å². The third kappa shape index (κ3) is 3.86. The summed E-state index contributed by atoms with van der Waals surface area (Å²) < 4.78 is 4.94. The first kappa shape index (κ1) is 17.5. The third-order valence-corrected chi connectivity index (χ3v) is 4.03. The number of pyridine rings is 1. The minimum atomic E-state index is -0.798. The fourth-order valence-corrected chi connectivity index (χ4v) is 2.76. The Hall–Kier alpha value is -3.27. The summed E-state index contributed by atoms with van der Waals surface area (Å²) in [5.41, 5.74) is 1.65. The predicted octanol–water partition coefficient (Wildman–Crippen LogP) is 2.03. The fraction of sp³-hybridized carbons (Fsp3) is 0.150. The maximum atomic E-state index is 11.4. The predicted molar refractivity (Wildman–Crippen MR) is 98.8 cm³/mol. The summed E-state index contributed by atoms with van der Waals surface area (Å²) in [5.74, 6) is 0.566. The number of aliphatic hydroxyl groups is 1. The van der Waals surface area contributed by atoms with Crippen LogP contribution in [0.25, 0.3) is 10.9 Å². The number of nitrogens with one attached hydrogen (secondary N) is 2. The highest BCUT2D eigenvalue weighted by atomic mass is 16.5. The van der Waals surface area contributed by atoms with Gasteiger partial charge in [0.05, 0.1) is 11.6 Å². The zero-order chi connectivity index (χ0) is 18.5. The van der Waals surface area contributed by atoms with Gasteiger partial charge in [0.1, 0.15) is 17.6 Å². The van der Waals surface area contributed by atoms with Gasteiger partial charge in [-0.25, -0.2) is 0 Å². The van der Waals surface area contributed by atoms with Crippen LogP contribution in [0.1, 0.15) is 17.2 Å². The fourth-order valence-electron chi connectivity index (χ4n) is 2.76. The summed E-state index contributed by atoms with van der Waals surface area (Å²) in [6.45, 7) is 0.863. The maximum Gasteiger partial charge on any atom is 0.248 e. The first-order valence-electron chi connectivity index (χ1n) is 8.03. The van der Waals surface area contributed by atoms with Crippen LogP contribution in [0.15, 0.2) is 53.3 Å². The number of hydrogen-bond acceptors (Lipinski definition) is 5. The zero-order valence-corrected chi connectivity index (χ0v) is 13.9. The van der Waals surface area contributed by atoms with Crippen molar-refractivity contribution in [2.24, 2.45) is 0 Å². The average Bonchev–Trinajstić information content (AvgIpc) is 2.64. The molecular weight excluding hydrogens is 332 g/mol. The van der Waals surface area contributed by atoms with Crippen LogP contribution in [0.2, 0.25) is 0 Å². The van der Waals surface area contributed by atoms with Crippen LogP contribution in [0, 0.1) is 12.5 Å². The molecular formula is C20H18N2O4. The zero-order valence-electron chi connectivity index (χ0n) is 13.9. The lowest BCUT2D eigenvalue weighted by Crippen LogP contribution is -2.21. The Morgan fingerprint density at radius 1 is 1.15 bits per heavy atom. The van der Waals surface area contributed by atoms with Crippen LogP contribution in [-0.4, -0.2) is 21.7 Å². The molecule has 1 atom stereocenters. The molecule has 0 aliphatic carbocycles. The molecule has 1 unspecified atom stereocenters. The molecule has 0 radical (unpaired) electrons. The van der Waals surface area contributed by atoms with E-state index in [9.17, 15) is 15.0 Å². The van der Waals surface area contributed by atoms with Gasteiger partial charge in [-0.15, -0.1) is 0 Å². The lowest BCUT2D eigenvalue weighted by Gasteiger charge is -2.15. The highest BCUT2D eigenvalue weighted by Gasteiger charge is 2.13. The quantitative estimate of drug-likeness (QED) is 0.510. The van der Waals surface area contributed by atoms with Crippen molar-refractivity contribution < 1.29 is 14.9 Å². The highest BCUT2D eigenvalue weighted by molar-refractivity contribution is 5.87. The summed E-state index contributed by atoms with van der Waals surface area (Å²) >= 11 is 0. The summed E-state index contributed by atoms with van der Waals surface area (Å²) in [5, 5.41) is 24.2. The van der Waals surface area contributed by atoms with Gasteiger partial charge in [0.25, 0.3) is 0 Å². The summed E-state index contributed by atoms with van der Waals surface area (Å²) in [6.07, 6.45) is 6.39. The van der Waals surface area contributed by atoms with E-state index in [1.54, 1.807) is 24.3 Å². The van der Waals surface area contributed by atoms with E-state index in [0.717, 1.165) is 5.56 Å². The smallest absolute Gasteiger partial charge is 0.248 e. The molecule has 3 rings (SSSR count). The topological polar surface area (TPSA) is 94.6 Å². The van der Waals surface area contributed by atoms with Crippen molar-refractivity contribution >= 4 is 10.9 Å². The van der Waals surface area contributed by atoms with Gasteiger partial charge in [-0.05, 0) is 35.4 Å². The Kier molecular flexibility index (Phi) is 5.23. The normalized spacial score (nSPS) is 11.8. The SMILES string of the molecule is C#COc1ccc(CNCC(O)c2ccc(O)c3[nH]c(=O)ccc23)cc1. The Labute approximate surface area is 150 Å². The standard InChI is InChI=1S/C20H18N2O4/c1-2-26-14-5-3-13(4-6-14)11-21-12-18(24)15-7-9-17(23)20-16(15)8-10-19(25)22-20/h1,3-10,18,21,23-24H,11-12H2,(H,22,25). The molecule has 132 valence electrons. The van der Waals surface area contributed by atoms with E-state index in [0.29, 0.717) is 35.3 Å². The van der Waals surface area contributed by atoms with E-state index in [1.807, 2.05) is 12.1 Å². The highest BCUT2D eigenvalue weighted by Crippen LogP contribution is 2.28. The number of aromatic nitrogens is 1. The summed E-state index contributed by atoms with van der Waals surface area (Å²) in [7, 11) is 0. The molecule has 0 fully saturated rings. The van der Waals surface area contributed by atoms with Crippen LogP contribution < -0.4 is 15.6 Å². The number of aromatic hydroxyl groups is 1. The van der Waals surface area contributed by atoms with Crippen molar-refractivity contribution in [3.63, 3.8) is 0 Å². The average molecular weight is 350 g/mol. The molecule has 6 heteroatoms. The summed E-state index contributed by atoms with van der Waals surface area (Å²) in [4.78, 5) is 14.0. The second-order valence-corrected chi connectivity index (χ2v) is 5.80. The first-order valence-corrected chi connectivity index (χ1v) is 8.03. The van der Waals surface area contributed by atoms with Crippen LogP contribution in [0.5, 0.6) is 11.5 Å². The molecule has 3 aromatic rings. The van der Waals surface area contributed by atoms with Gasteiger partial charge in [0.2, 0.25) is 5.56 Å². The number of aromatic amines is 1. The number of phenols is 1.